The number of aromatic carboxylic acids is 1. The lowest BCUT2D eigenvalue weighted by atomic mass is 10.2. The highest BCUT2D eigenvalue weighted by Crippen LogP contribution is 2.40. The molecule has 0 saturated heterocycles. The zero-order valence-electron chi connectivity index (χ0n) is 13.1. The van der Waals surface area contributed by atoms with Crippen LogP contribution >= 0.6 is 23.2 Å². The van der Waals surface area contributed by atoms with Crippen molar-refractivity contribution in [2.45, 2.75) is 17.4 Å². The Morgan fingerprint density at radius 1 is 1.14 bits per heavy atom. The van der Waals surface area contributed by atoms with E-state index in [0.717, 1.165) is 0 Å². The average molecular weight is 488 g/mol. The number of carbonyl (C=O) groups is 1. The maximum atomic E-state index is 12.8. The van der Waals surface area contributed by atoms with Crippen LogP contribution in [0.3, 0.4) is 0 Å². The van der Waals surface area contributed by atoms with E-state index in [0.29, 0.717) is 12.1 Å². The van der Waals surface area contributed by atoms with Crippen molar-refractivity contribution in [3.8, 4) is 5.69 Å². The Balaban J connectivity index is 2.80. The topological polar surface area (TPSA) is 125 Å². The summed E-state index contributed by atoms with van der Waals surface area (Å²) in [6.45, 7) is 0. The van der Waals surface area contributed by atoms with Crippen LogP contribution in [0.15, 0.2) is 17.0 Å². The van der Waals surface area contributed by atoms with Crippen molar-refractivity contribution in [1.82, 2.24) is 9.78 Å². The highest BCUT2D eigenvalue weighted by molar-refractivity contribution is 7.87. The molecule has 0 aliphatic rings. The van der Waals surface area contributed by atoms with Crippen molar-refractivity contribution in [1.29, 1.82) is 0 Å². The van der Waals surface area contributed by atoms with Gasteiger partial charge in [0, 0.05) is 0 Å². The molecule has 0 saturated carbocycles. The fourth-order valence-corrected chi connectivity index (χ4v) is 3.76. The Bertz CT molecular complexity index is 1070. The maximum Gasteiger partial charge on any atom is 0.537 e. The average Bonchev–Trinajstić information content (AvgIpc) is 2.81. The Kier molecular flexibility index (Phi) is 5.75. The largest absolute Gasteiger partial charge is 0.537 e. The first kappa shape index (κ1) is 23.1. The van der Waals surface area contributed by atoms with Gasteiger partial charge in [0.2, 0.25) is 0 Å². The number of benzene rings is 1. The van der Waals surface area contributed by atoms with E-state index in [1.165, 1.54) is 0 Å². The van der Waals surface area contributed by atoms with Gasteiger partial charge in [0.1, 0.15) is 11.5 Å². The molecule has 17 heteroatoms. The van der Waals surface area contributed by atoms with Gasteiger partial charge in [-0.25, -0.2) is 9.48 Å². The Morgan fingerprint density at radius 2 is 1.62 bits per heavy atom. The van der Waals surface area contributed by atoms with Gasteiger partial charge in [0.25, 0.3) is 0 Å². The molecule has 0 atom stereocenters. The third kappa shape index (κ3) is 4.68. The molecule has 0 spiro atoms. The minimum atomic E-state index is -5.85. The van der Waals surface area contributed by atoms with Gasteiger partial charge in [-0.05, 0) is 12.1 Å². The van der Waals surface area contributed by atoms with Crippen LogP contribution in [0, 0.1) is 0 Å². The molecule has 2 aromatic rings. The van der Waals surface area contributed by atoms with Gasteiger partial charge in [-0.1, -0.05) is 23.2 Å². The minimum Gasteiger partial charge on any atom is -0.476 e. The minimum absolute atomic E-state index is 0.168. The monoisotopic (exact) mass is 487 g/mol. The number of alkyl halides is 6. The summed E-state index contributed by atoms with van der Waals surface area (Å²) in [5.74, 6) is -3.39. The van der Waals surface area contributed by atoms with Crippen molar-refractivity contribution in [3.63, 3.8) is 0 Å². The summed E-state index contributed by atoms with van der Waals surface area (Å²) in [7, 11) is -5.85. The molecule has 1 aromatic carbocycles. The van der Waals surface area contributed by atoms with Gasteiger partial charge in [0.15, 0.2) is 10.6 Å². The first-order chi connectivity index (χ1) is 13.0. The molecule has 8 nitrogen and oxygen atoms in total. The smallest absolute Gasteiger partial charge is 0.476 e. The number of rotatable bonds is 4. The van der Waals surface area contributed by atoms with Crippen LogP contribution in [0.2, 0.25) is 10.0 Å². The number of nitrogen functional groups attached to an aromatic ring is 1. The summed E-state index contributed by atoms with van der Waals surface area (Å²) in [6.07, 6.45) is -10.6. The first-order valence-electron chi connectivity index (χ1n) is 6.66. The van der Waals surface area contributed by atoms with E-state index in [4.69, 9.17) is 34.0 Å². The van der Waals surface area contributed by atoms with Crippen molar-refractivity contribution >= 4 is 45.1 Å². The lowest BCUT2D eigenvalue weighted by Crippen LogP contribution is -2.22. The number of carboxylic acid groups (broad SMARTS) is 1. The standard InChI is InChI=1S/C12H5Cl2F6N3O5S/c13-4-1-3(11(15,16)17)2-5(14)7(4)23-9(21)8(6(22-23)10(24)25)29(26,27)28-12(18,19)20/h1-2H,21H2,(H,24,25). The molecular weight excluding hydrogens is 483 g/mol. The van der Waals surface area contributed by atoms with E-state index in [1.54, 1.807) is 0 Å². The number of anilines is 1. The normalized spacial score (nSPS) is 13.0. The van der Waals surface area contributed by atoms with Gasteiger partial charge < -0.3 is 10.8 Å². The molecule has 3 N–H and O–H groups in total. The highest BCUT2D eigenvalue weighted by atomic mass is 35.5. The molecule has 0 bridgehead atoms. The number of hydrogen-bond donors (Lipinski definition) is 2. The number of halogens is 8. The Morgan fingerprint density at radius 3 is 2.00 bits per heavy atom. The van der Waals surface area contributed by atoms with Crippen molar-refractivity contribution < 1.29 is 48.8 Å². The number of hydrogen-bond acceptors (Lipinski definition) is 6. The number of aromatic nitrogens is 2. The molecule has 0 fully saturated rings. The molecule has 1 aromatic heterocycles. The second-order valence-corrected chi connectivity index (χ2v) is 7.35. The molecule has 160 valence electrons. The van der Waals surface area contributed by atoms with Gasteiger partial charge in [0.05, 0.1) is 15.6 Å². The lowest BCUT2D eigenvalue weighted by molar-refractivity contribution is -0.271. The van der Waals surface area contributed by atoms with Crippen molar-refractivity contribution in [3.05, 3.63) is 33.4 Å². The van der Waals surface area contributed by atoms with Crippen LogP contribution in [0.4, 0.5) is 32.2 Å². The SMILES string of the molecule is Nc1c(S(=O)(=O)OC(F)(F)F)c(C(=O)O)nn1-c1c(Cl)cc(C(F)(F)F)cc1Cl. The molecule has 29 heavy (non-hydrogen) atoms. The van der Waals surface area contributed by atoms with E-state index < -0.39 is 66.3 Å². The molecular formula is C12H5Cl2F6N3O5S. The third-order valence-electron chi connectivity index (χ3n) is 3.09. The van der Waals surface area contributed by atoms with E-state index in [9.17, 15) is 39.6 Å². The molecule has 0 aliphatic carbocycles. The molecule has 0 radical (unpaired) electrons. The molecule has 0 aliphatic heterocycles. The lowest BCUT2D eigenvalue weighted by Gasteiger charge is -2.13. The van der Waals surface area contributed by atoms with Crippen LogP contribution in [-0.2, 0) is 20.5 Å². The second kappa shape index (κ2) is 7.23. The predicted octanol–water partition coefficient (Wildman–Crippen LogP) is 3.70. The molecule has 1 heterocycles. The summed E-state index contributed by atoms with van der Waals surface area (Å²) < 4.78 is 102. The van der Waals surface area contributed by atoms with Crippen LogP contribution in [0.25, 0.3) is 5.69 Å². The summed E-state index contributed by atoms with van der Waals surface area (Å²) >= 11 is 11.4. The summed E-state index contributed by atoms with van der Waals surface area (Å²) in [5, 5.41) is 10.6. The van der Waals surface area contributed by atoms with Crippen LogP contribution < -0.4 is 5.73 Å². The fourth-order valence-electron chi connectivity index (χ4n) is 2.07. The van der Waals surface area contributed by atoms with Gasteiger partial charge >= 0.3 is 28.6 Å². The zero-order valence-corrected chi connectivity index (χ0v) is 15.5. The van der Waals surface area contributed by atoms with Gasteiger partial charge in [-0.15, -0.1) is 13.2 Å². The summed E-state index contributed by atoms with van der Waals surface area (Å²) in [4.78, 5) is 9.54. The van der Waals surface area contributed by atoms with E-state index in [2.05, 4.69) is 9.28 Å². The Hall–Kier alpha value is -2.23. The predicted molar refractivity (Wildman–Crippen MR) is 84.3 cm³/mol. The van der Waals surface area contributed by atoms with Crippen molar-refractivity contribution in [2.75, 3.05) is 5.73 Å². The number of carboxylic acids is 1. The Labute approximate surface area is 166 Å². The van der Waals surface area contributed by atoms with Crippen LogP contribution in [0.5, 0.6) is 0 Å². The molecule has 0 unspecified atom stereocenters. The highest BCUT2D eigenvalue weighted by Gasteiger charge is 2.43. The first-order valence-corrected chi connectivity index (χ1v) is 8.83. The zero-order chi connectivity index (χ0) is 22.5. The number of nitrogens with two attached hydrogens (primary N) is 1. The maximum absolute atomic E-state index is 12.8. The van der Waals surface area contributed by atoms with E-state index >= 15 is 0 Å². The van der Waals surface area contributed by atoms with Crippen molar-refractivity contribution in [2.24, 2.45) is 0 Å². The van der Waals surface area contributed by atoms with Gasteiger partial charge in [-0.2, -0.15) is 30.9 Å². The van der Waals surface area contributed by atoms with E-state index in [1.807, 2.05) is 0 Å². The van der Waals surface area contributed by atoms with Crippen LogP contribution in [-0.4, -0.2) is 35.6 Å². The summed E-state index contributed by atoms with van der Waals surface area (Å²) in [6, 6.07) is 0.676. The summed E-state index contributed by atoms with van der Waals surface area (Å²) in [5.41, 5.74) is 1.86. The molecule has 0 amide bonds. The van der Waals surface area contributed by atoms with E-state index in [-0.39, 0.29) is 4.68 Å². The number of nitrogens with zero attached hydrogens (tertiary/aromatic N) is 2. The third-order valence-corrected chi connectivity index (χ3v) is 4.98. The quantitative estimate of drug-likeness (QED) is 0.497. The van der Waals surface area contributed by atoms with Gasteiger partial charge in [-0.3, -0.25) is 0 Å². The molecule has 2 rings (SSSR count). The second-order valence-electron chi connectivity index (χ2n) is 5.05. The fraction of sp³-hybridized carbons (Fsp3) is 0.167. The van der Waals surface area contributed by atoms with Crippen LogP contribution in [0.1, 0.15) is 16.1 Å².